The maximum Gasteiger partial charge on any atom is 0.168 e. The van der Waals surface area contributed by atoms with Gasteiger partial charge in [0.2, 0.25) is 0 Å². The number of para-hydroxylation sites is 1. The van der Waals surface area contributed by atoms with Crippen LogP contribution in [0.4, 0.5) is 8.78 Å². The molecule has 0 amide bonds. The monoisotopic (exact) mass is 452 g/mol. The average Bonchev–Trinajstić information content (AvgIpc) is 3.40. The molecule has 0 saturated heterocycles. The van der Waals surface area contributed by atoms with Crippen molar-refractivity contribution >= 4 is 64.5 Å². The van der Waals surface area contributed by atoms with Gasteiger partial charge < -0.3 is 4.42 Å². The molecule has 0 fully saturated rings. The van der Waals surface area contributed by atoms with Gasteiger partial charge in [0, 0.05) is 38.0 Å². The smallest absolute Gasteiger partial charge is 0.168 e. The molecular weight excluding hydrogens is 438 g/mol. The van der Waals surface area contributed by atoms with E-state index in [9.17, 15) is 4.39 Å². The van der Waals surface area contributed by atoms with E-state index in [0.717, 1.165) is 38.2 Å². The quantitative estimate of drug-likeness (QED) is 0.252. The van der Waals surface area contributed by atoms with Crippen molar-refractivity contribution in [1.29, 1.82) is 0 Å². The number of aromatic nitrogens is 2. The Morgan fingerprint density at radius 2 is 1.73 bits per heavy atom. The second kappa shape index (κ2) is 6.56. The minimum absolute atomic E-state index is 0.140. The maximum atomic E-state index is 15.0. The van der Waals surface area contributed by atoms with E-state index in [2.05, 4.69) is 30.1 Å². The number of hydrogen-bond donors (Lipinski definition) is 0. The third-order valence-electron chi connectivity index (χ3n) is 6.17. The summed E-state index contributed by atoms with van der Waals surface area (Å²) >= 11 is 1.66. The molecule has 0 bridgehead atoms. The number of furan rings is 1. The van der Waals surface area contributed by atoms with Crippen LogP contribution in [0.5, 0.6) is 0 Å². The molecule has 0 N–H and O–H groups in total. The fourth-order valence-electron chi connectivity index (χ4n) is 4.72. The zero-order chi connectivity index (χ0) is 22.3. The number of halogens is 2. The van der Waals surface area contributed by atoms with Crippen molar-refractivity contribution in [3.05, 3.63) is 84.1 Å². The third-order valence-corrected chi connectivity index (χ3v) is 7.44. The fraction of sp³-hybridized carbons (Fsp3) is 0.0370. The van der Waals surface area contributed by atoms with Gasteiger partial charge >= 0.3 is 0 Å². The first-order valence-electron chi connectivity index (χ1n) is 10.5. The SMILES string of the molecule is Cc1cc(-c2nc3ccc(F)c(F)c3c3c2oc2ccccc23)cc2c1sc1ncccc12. The van der Waals surface area contributed by atoms with Crippen molar-refractivity contribution in [2.45, 2.75) is 6.92 Å². The number of benzene rings is 3. The summed E-state index contributed by atoms with van der Waals surface area (Å²) in [6.07, 6.45) is 1.80. The molecule has 0 atom stereocenters. The predicted octanol–water partition coefficient (Wildman–Crippen LogP) is 8.15. The van der Waals surface area contributed by atoms with Gasteiger partial charge in [-0.3, -0.25) is 0 Å². The standard InChI is InChI=1S/C27H14F2N2OS/c1-13-11-14(12-17-15-6-4-10-30-27(15)33-26(13)17)24-25-21(16-5-2-3-7-20(16)32-25)22-19(31-24)9-8-18(28)23(22)29/h2-12H,1H3. The van der Waals surface area contributed by atoms with Gasteiger partial charge in [-0.05, 0) is 55.0 Å². The second-order valence-electron chi connectivity index (χ2n) is 8.15. The Balaban J connectivity index is 1.67. The number of nitrogens with zero attached hydrogens (tertiary/aromatic N) is 2. The zero-order valence-electron chi connectivity index (χ0n) is 17.3. The van der Waals surface area contributed by atoms with Gasteiger partial charge in [-0.1, -0.05) is 18.2 Å². The highest BCUT2D eigenvalue weighted by Crippen LogP contribution is 2.43. The lowest BCUT2D eigenvalue weighted by Gasteiger charge is -2.09. The summed E-state index contributed by atoms with van der Waals surface area (Å²) in [5.41, 5.74) is 4.01. The number of hydrogen-bond acceptors (Lipinski definition) is 4. The summed E-state index contributed by atoms with van der Waals surface area (Å²) < 4.78 is 36.6. The van der Waals surface area contributed by atoms with E-state index in [-0.39, 0.29) is 5.39 Å². The molecule has 0 aliphatic rings. The van der Waals surface area contributed by atoms with Crippen molar-refractivity contribution in [3.63, 3.8) is 0 Å². The van der Waals surface area contributed by atoms with Crippen LogP contribution in [-0.2, 0) is 0 Å². The van der Waals surface area contributed by atoms with Crippen LogP contribution < -0.4 is 0 Å². The number of aryl methyl sites for hydroxylation is 1. The van der Waals surface area contributed by atoms with Crippen molar-refractivity contribution in [3.8, 4) is 11.3 Å². The number of rotatable bonds is 1. The molecular formula is C27H14F2N2OS. The minimum atomic E-state index is -0.912. The largest absolute Gasteiger partial charge is 0.454 e. The van der Waals surface area contributed by atoms with E-state index >= 15 is 4.39 Å². The Bertz CT molecular complexity index is 1920. The number of thiophene rings is 1. The van der Waals surface area contributed by atoms with Gasteiger partial charge in [-0.25, -0.2) is 18.7 Å². The highest BCUT2D eigenvalue weighted by Gasteiger charge is 2.22. The summed E-state index contributed by atoms with van der Waals surface area (Å²) in [5, 5.41) is 3.58. The van der Waals surface area contributed by atoms with Crippen LogP contribution in [0.15, 0.2) is 71.3 Å². The second-order valence-corrected chi connectivity index (χ2v) is 9.15. The van der Waals surface area contributed by atoms with Crippen LogP contribution in [0.2, 0.25) is 0 Å². The first kappa shape index (κ1) is 18.7. The molecule has 0 unspecified atom stereocenters. The average molecular weight is 452 g/mol. The molecule has 3 aromatic carbocycles. The van der Waals surface area contributed by atoms with E-state index in [1.807, 2.05) is 30.3 Å². The number of fused-ring (bicyclic) bond motifs is 8. The van der Waals surface area contributed by atoms with Crippen molar-refractivity contribution in [2.75, 3.05) is 0 Å². The summed E-state index contributed by atoms with van der Waals surface area (Å²) in [7, 11) is 0. The van der Waals surface area contributed by atoms with Crippen LogP contribution in [0.1, 0.15) is 5.56 Å². The summed E-state index contributed by atoms with van der Waals surface area (Å²) in [5.74, 6) is -1.82. The molecule has 0 aliphatic carbocycles. The molecule has 6 heteroatoms. The molecule has 0 spiro atoms. The normalized spacial score (nSPS) is 12.1. The highest BCUT2D eigenvalue weighted by molar-refractivity contribution is 7.25. The molecule has 4 aromatic heterocycles. The van der Waals surface area contributed by atoms with E-state index in [1.54, 1.807) is 17.5 Å². The molecule has 0 saturated carbocycles. The lowest BCUT2D eigenvalue weighted by atomic mass is 10.00. The van der Waals surface area contributed by atoms with E-state index < -0.39 is 11.6 Å². The molecule has 33 heavy (non-hydrogen) atoms. The Morgan fingerprint density at radius 1 is 0.879 bits per heavy atom. The van der Waals surface area contributed by atoms with Gasteiger partial charge in [-0.2, -0.15) is 0 Å². The van der Waals surface area contributed by atoms with Crippen LogP contribution in [-0.4, -0.2) is 9.97 Å². The summed E-state index contributed by atoms with van der Waals surface area (Å²) in [6.45, 7) is 2.06. The fourth-order valence-corrected chi connectivity index (χ4v) is 5.81. The van der Waals surface area contributed by atoms with Gasteiger partial charge in [-0.15, -0.1) is 11.3 Å². The van der Waals surface area contributed by atoms with E-state index in [0.29, 0.717) is 27.8 Å². The van der Waals surface area contributed by atoms with Crippen LogP contribution in [0.25, 0.3) is 64.4 Å². The van der Waals surface area contributed by atoms with E-state index in [4.69, 9.17) is 9.40 Å². The molecule has 158 valence electrons. The Labute approximate surface area is 189 Å². The van der Waals surface area contributed by atoms with Gasteiger partial charge in [0.1, 0.15) is 16.1 Å². The summed E-state index contributed by atoms with van der Waals surface area (Å²) in [6, 6.07) is 18.2. The lowest BCUT2D eigenvalue weighted by molar-refractivity contribution is 0.517. The Kier molecular flexibility index (Phi) is 3.71. The van der Waals surface area contributed by atoms with Crippen LogP contribution >= 0.6 is 11.3 Å². The van der Waals surface area contributed by atoms with Crippen molar-refractivity contribution in [2.24, 2.45) is 0 Å². The molecule has 4 heterocycles. The van der Waals surface area contributed by atoms with Gasteiger partial charge in [0.15, 0.2) is 17.2 Å². The van der Waals surface area contributed by atoms with E-state index in [1.165, 1.54) is 10.8 Å². The Hall–Kier alpha value is -3.90. The van der Waals surface area contributed by atoms with Gasteiger partial charge in [0.25, 0.3) is 0 Å². The first-order chi connectivity index (χ1) is 16.1. The van der Waals surface area contributed by atoms with Crippen molar-refractivity contribution in [1.82, 2.24) is 9.97 Å². The molecule has 7 rings (SSSR count). The number of pyridine rings is 2. The molecule has 0 aliphatic heterocycles. The van der Waals surface area contributed by atoms with Crippen molar-refractivity contribution < 1.29 is 13.2 Å². The third kappa shape index (κ3) is 2.52. The molecule has 7 aromatic rings. The molecule has 3 nitrogen and oxygen atoms in total. The minimum Gasteiger partial charge on any atom is -0.454 e. The summed E-state index contributed by atoms with van der Waals surface area (Å²) in [4.78, 5) is 10.3. The first-order valence-corrected chi connectivity index (χ1v) is 11.3. The molecule has 0 radical (unpaired) electrons. The lowest BCUT2D eigenvalue weighted by Crippen LogP contribution is -1.93. The van der Waals surface area contributed by atoms with Crippen LogP contribution in [0.3, 0.4) is 0 Å². The highest BCUT2D eigenvalue weighted by atomic mass is 32.1. The topological polar surface area (TPSA) is 38.9 Å². The predicted molar refractivity (Wildman–Crippen MR) is 130 cm³/mol. The van der Waals surface area contributed by atoms with Gasteiger partial charge in [0.05, 0.1) is 10.9 Å². The Morgan fingerprint density at radius 3 is 2.64 bits per heavy atom. The zero-order valence-corrected chi connectivity index (χ0v) is 18.1. The maximum absolute atomic E-state index is 15.0. The van der Waals surface area contributed by atoms with Crippen LogP contribution in [0, 0.1) is 18.6 Å².